The molecule has 1 aliphatic rings. The van der Waals surface area contributed by atoms with Crippen LogP contribution < -0.4 is 5.32 Å². The van der Waals surface area contributed by atoms with Crippen molar-refractivity contribution in [2.24, 2.45) is 0 Å². The molecule has 0 saturated carbocycles. The second-order valence-electron chi connectivity index (χ2n) is 3.46. The average molecular weight is 329 g/mol. The number of hydrogen-bond acceptors (Lipinski definition) is 6. The molecule has 0 aromatic heterocycles. The first-order valence-corrected chi connectivity index (χ1v) is 4.55. The third-order valence-corrected chi connectivity index (χ3v) is 2.27. The Morgan fingerprint density at radius 2 is 1.88 bits per heavy atom. The van der Waals surface area contributed by atoms with E-state index in [1.165, 1.54) is 6.92 Å². The molecule has 0 unspecified atom stereocenters. The normalized spacial score (nSPS) is 38.7. The number of carbonyl (C=O) groups excluding carboxylic acids is 1. The molecule has 1 aliphatic heterocycles. The van der Waals surface area contributed by atoms with E-state index in [4.69, 9.17) is 9.84 Å². The fourth-order valence-corrected chi connectivity index (χ4v) is 1.49. The molecule has 1 amide bonds. The first-order valence-electron chi connectivity index (χ1n) is 4.55. The predicted octanol–water partition coefficient (Wildman–Crippen LogP) is -3.08. The van der Waals surface area contributed by atoms with Crippen LogP contribution in [0.3, 0.4) is 0 Å². The maximum Gasteiger partial charge on any atom is 0.217 e. The molecular formula is C8H15AgNO6. The van der Waals surface area contributed by atoms with E-state index in [1.54, 1.807) is 0 Å². The van der Waals surface area contributed by atoms with Gasteiger partial charge in [-0.25, -0.2) is 0 Å². The van der Waals surface area contributed by atoms with Crippen LogP contribution in [0, 0.1) is 0 Å². The molecule has 1 fully saturated rings. The number of carbonyl (C=O) groups is 1. The van der Waals surface area contributed by atoms with Crippen LogP contribution in [0.15, 0.2) is 0 Å². The molecule has 0 aromatic carbocycles. The number of amides is 1. The summed E-state index contributed by atoms with van der Waals surface area (Å²) in [4.78, 5) is 10.7. The maximum absolute atomic E-state index is 10.7. The number of nitrogens with one attached hydrogen (secondary N) is 1. The first kappa shape index (κ1) is 16.0. The van der Waals surface area contributed by atoms with Gasteiger partial charge in [-0.3, -0.25) is 4.79 Å². The van der Waals surface area contributed by atoms with Crippen LogP contribution in [0.25, 0.3) is 0 Å². The summed E-state index contributed by atoms with van der Waals surface area (Å²) < 4.78 is 4.81. The van der Waals surface area contributed by atoms with E-state index in [1.807, 2.05) is 0 Å². The smallest absolute Gasteiger partial charge is 0.217 e. The summed E-state index contributed by atoms with van der Waals surface area (Å²) in [6.45, 7) is 0.687. The second kappa shape index (κ2) is 6.67. The van der Waals surface area contributed by atoms with Crippen LogP contribution in [0.1, 0.15) is 6.92 Å². The van der Waals surface area contributed by atoms with Gasteiger partial charge in [0.15, 0.2) is 6.29 Å². The van der Waals surface area contributed by atoms with E-state index in [0.717, 1.165) is 0 Å². The van der Waals surface area contributed by atoms with Crippen molar-refractivity contribution in [3.8, 4) is 0 Å². The fraction of sp³-hybridized carbons (Fsp3) is 0.875. The number of aliphatic hydroxyl groups is 4. The summed E-state index contributed by atoms with van der Waals surface area (Å²) in [5.41, 5.74) is 0. The largest absolute Gasteiger partial charge is 0.394 e. The van der Waals surface area contributed by atoms with E-state index >= 15 is 0 Å². The van der Waals surface area contributed by atoms with Gasteiger partial charge in [-0.15, -0.1) is 0 Å². The van der Waals surface area contributed by atoms with Crippen molar-refractivity contribution in [1.29, 1.82) is 0 Å². The number of rotatable bonds is 2. The monoisotopic (exact) mass is 328 g/mol. The molecule has 5 N–H and O–H groups in total. The second-order valence-corrected chi connectivity index (χ2v) is 3.46. The molecule has 5 atom stereocenters. The molecule has 1 rings (SSSR count). The summed E-state index contributed by atoms with van der Waals surface area (Å²) in [6.07, 6.45) is -5.24. The number of ether oxygens (including phenoxy) is 1. The zero-order valence-electron chi connectivity index (χ0n) is 8.50. The van der Waals surface area contributed by atoms with Crippen molar-refractivity contribution < 1.29 is 52.3 Å². The van der Waals surface area contributed by atoms with Crippen molar-refractivity contribution in [2.75, 3.05) is 6.61 Å². The minimum absolute atomic E-state index is 0. The maximum atomic E-state index is 10.7. The summed E-state index contributed by atoms with van der Waals surface area (Å²) in [6, 6.07) is -1.10. The van der Waals surface area contributed by atoms with Gasteiger partial charge in [0.2, 0.25) is 5.91 Å². The first-order chi connectivity index (χ1) is 6.97. The quantitative estimate of drug-likeness (QED) is 0.343. The molecule has 1 heterocycles. The van der Waals surface area contributed by atoms with Crippen molar-refractivity contribution in [3.05, 3.63) is 0 Å². The van der Waals surface area contributed by atoms with E-state index in [0.29, 0.717) is 0 Å². The fourth-order valence-electron chi connectivity index (χ4n) is 1.49. The Morgan fingerprint density at radius 1 is 1.31 bits per heavy atom. The summed E-state index contributed by atoms with van der Waals surface area (Å²) in [5.74, 6) is -0.462. The van der Waals surface area contributed by atoms with Gasteiger partial charge >= 0.3 is 0 Å². The Labute approximate surface area is 108 Å². The Balaban J connectivity index is 0.00000225. The van der Waals surface area contributed by atoms with Gasteiger partial charge in [-0.2, -0.15) is 0 Å². The molecule has 0 bridgehead atoms. The predicted molar refractivity (Wildman–Crippen MR) is 47.6 cm³/mol. The molecule has 1 saturated heterocycles. The van der Waals surface area contributed by atoms with Crippen LogP contribution in [0.5, 0.6) is 0 Å². The Hall–Kier alpha value is 0.0103. The molecule has 16 heavy (non-hydrogen) atoms. The van der Waals surface area contributed by atoms with Crippen LogP contribution in [0.4, 0.5) is 0 Å². The van der Waals surface area contributed by atoms with Gasteiger partial charge in [-0.05, 0) is 0 Å². The van der Waals surface area contributed by atoms with Crippen molar-refractivity contribution in [2.45, 2.75) is 37.6 Å². The van der Waals surface area contributed by atoms with Gasteiger partial charge in [-0.1, -0.05) is 0 Å². The molecule has 0 spiro atoms. The topological polar surface area (TPSA) is 119 Å². The number of aliphatic hydroxyl groups excluding tert-OH is 4. The standard InChI is InChI=1S/C8H15NO6.Ag/c1-3(11)9-5-7(13)6(12)4(2-10)15-8(5)14;/h4-8,10,12-14H,2H2,1H3,(H,9,11);/t4-,5-,6-,7-,8-;/m1./s1. The van der Waals surface area contributed by atoms with E-state index in [-0.39, 0.29) is 22.4 Å². The van der Waals surface area contributed by atoms with Crippen molar-refractivity contribution in [3.63, 3.8) is 0 Å². The molecule has 0 aromatic rings. The molecule has 99 valence electrons. The van der Waals surface area contributed by atoms with Crippen LogP contribution >= 0.6 is 0 Å². The molecule has 1 radical (unpaired) electrons. The minimum Gasteiger partial charge on any atom is -0.394 e. The van der Waals surface area contributed by atoms with E-state index in [9.17, 15) is 20.1 Å². The molecular weight excluding hydrogens is 314 g/mol. The van der Waals surface area contributed by atoms with Gasteiger partial charge in [0.25, 0.3) is 0 Å². The van der Waals surface area contributed by atoms with E-state index in [2.05, 4.69) is 5.32 Å². The number of hydrogen-bond donors (Lipinski definition) is 5. The summed E-state index contributed by atoms with van der Waals surface area (Å²) in [7, 11) is 0. The van der Waals surface area contributed by atoms with Gasteiger partial charge in [0, 0.05) is 29.3 Å². The van der Waals surface area contributed by atoms with Crippen LogP contribution in [-0.4, -0.2) is 63.6 Å². The van der Waals surface area contributed by atoms with Gasteiger partial charge < -0.3 is 30.5 Å². The average Bonchev–Trinajstić information content (AvgIpc) is 2.18. The summed E-state index contributed by atoms with van der Waals surface area (Å²) in [5, 5.41) is 39.4. The van der Waals surface area contributed by atoms with Crippen molar-refractivity contribution in [1.82, 2.24) is 5.32 Å². The SMILES string of the molecule is CC(=O)N[C@@H]1[C@@H](O)[C@H](O)[C@@H](CO)O[C@H]1O.[Ag]. The van der Waals surface area contributed by atoms with Crippen molar-refractivity contribution >= 4 is 5.91 Å². The molecule has 0 aliphatic carbocycles. The van der Waals surface area contributed by atoms with Crippen LogP contribution in [-0.2, 0) is 31.9 Å². The third-order valence-electron chi connectivity index (χ3n) is 2.27. The molecule has 8 heteroatoms. The Morgan fingerprint density at radius 3 is 2.31 bits per heavy atom. The van der Waals surface area contributed by atoms with Crippen LogP contribution in [0.2, 0.25) is 0 Å². The van der Waals surface area contributed by atoms with Gasteiger partial charge in [0.1, 0.15) is 24.4 Å². The third kappa shape index (κ3) is 3.51. The van der Waals surface area contributed by atoms with Gasteiger partial charge in [0.05, 0.1) is 6.61 Å². The Bertz CT molecular complexity index is 241. The zero-order valence-corrected chi connectivity index (χ0v) is 9.98. The minimum atomic E-state index is -1.45. The zero-order chi connectivity index (χ0) is 11.6. The Kier molecular flexibility index (Phi) is 6.68. The summed E-state index contributed by atoms with van der Waals surface area (Å²) >= 11 is 0. The van der Waals surface area contributed by atoms with E-state index < -0.39 is 43.2 Å². The molecule has 7 nitrogen and oxygen atoms in total.